The van der Waals surface area contributed by atoms with E-state index in [0.29, 0.717) is 6.04 Å². The number of rotatable bonds is 3. The van der Waals surface area contributed by atoms with E-state index in [1.54, 1.807) is 18.0 Å². The maximum atomic E-state index is 12.1. The van der Waals surface area contributed by atoms with E-state index < -0.39 is 0 Å². The fraction of sp³-hybridized carbons (Fsp3) is 0.667. The fourth-order valence-corrected chi connectivity index (χ4v) is 3.72. The Bertz CT molecular complexity index is 402. The van der Waals surface area contributed by atoms with Crippen molar-refractivity contribution in [3.05, 3.63) is 18.7 Å². The third kappa shape index (κ3) is 2.40. The highest BCUT2D eigenvalue weighted by Gasteiger charge is 2.32. The Hall–Kier alpha value is -1.01. The summed E-state index contributed by atoms with van der Waals surface area (Å²) in [6.07, 6.45) is 8.98. The molecule has 2 aliphatic rings. The van der Waals surface area contributed by atoms with E-state index >= 15 is 0 Å². The first-order valence-corrected chi connectivity index (χ1v) is 7.59. The van der Waals surface area contributed by atoms with Gasteiger partial charge in [-0.25, -0.2) is 4.98 Å². The zero-order chi connectivity index (χ0) is 12.4. The molecule has 0 bridgehead atoms. The SMILES string of the molecule is O=C(NC1CCCC1n1ccnc1)C1CSCN1. The number of nitrogens with zero attached hydrogens (tertiary/aromatic N) is 2. The van der Waals surface area contributed by atoms with Crippen molar-refractivity contribution in [1.29, 1.82) is 0 Å². The van der Waals surface area contributed by atoms with Gasteiger partial charge in [0.1, 0.15) is 0 Å². The highest BCUT2D eigenvalue weighted by Crippen LogP contribution is 2.30. The normalized spacial score (nSPS) is 31.7. The number of hydrogen-bond donors (Lipinski definition) is 2. The van der Waals surface area contributed by atoms with Crippen molar-refractivity contribution in [3.8, 4) is 0 Å². The highest BCUT2D eigenvalue weighted by molar-refractivity contribution is 7.99. The van der Waals surface area contributed by atoms with Crippen molar-refractivity contribution < 1.29 is 4.79 Å². The molecule has 2 fully saturated rings. The van der Waals surface area contributed by atoms with Crippen LogP contribution in [0.25, 0.3) is 0 Å². The van der Waals surface area contributed by atoms with Crippen molar-refractivity contribution in [2.24, 2.45) is 0 Å². The third-order valence-electron chi connectivity index (χ3n) is 3.75. The van der Waals surface area contributed by atoms with Crippen LogP contribution in [0.4, 0.5) is 0 Å². The average Bonchev–Trinajstić information content (AvgIpc) is 3.11. The highest BCUT2D eigenvalue weighted by atomic mass is 32.2. The first-order valence-electron chi connectivity index (χ1n) is 6.43. The van der Waals surface area contributed by atoms with Gasteiger partial charge in [0.15, 0.2) is 0 Å². The molecule has 18 heavy (non-hydrogen) atoms. The minimum absolute atomic E-state index is 0.0148. The van der Waals surface area contributed by atoms with Gasteiger partial charge in [0.05, 0.1) is 18.4 Å². The predicted octanol–water partition coefficient (Wildman–Crippen LogP) is 0.755. The van der Waals surface area contributed by atoms with E-state index in [-0.39, 0.29) is 18.0 Å². The molecule has 1 aromatic heterocycles. The van der Waals surface area contributed by atoms with Gasteiger partial charge in [-0.2, -0.15) is 0 Å². The molecular formula is C12H18N4OS. The molecular weight excluding hydrogens is 248 g/mol. The van der Waals surface area contributed by atoms with Crippen LogP contribution in [-0.2, 0) is 4.79 Å². The monoisotopic (exact) mass is 266 g/mol. The second-order valence-electron chi connectivity index (χ2n) is 4.90. The summed E-state index contributed by atoms with van der Waals surface area (Å²) in [5.41, 5.74) is 0. The summed E-state index contributed by atoms with van der Waals surface area (Å²) >= 11 is 1.78. The molecule has 98 valence electrons. The van der Waals surface area contributed by atoms with Gasteiger partial charge in [0.25, 0.3) is 0 Å². The number of hydrogen-bond acceptors (Lipinski definition) is 4. The molecule has 3 rings (SSSR count). The molecule has 1 saturated carbocycles. The lowest BCUT2D eigenvalue weighted by atomic mass is 10.1. The molecule has 1 aliphatic carbocycles. The van der Waals surface area contributed by atoms with Gasteiger partial charge < -0.3 is 9.88 Å². The van der Waals surface area contributed by atoms with Crippen LogP contribution in [-0.4, -0.2) is 39.2 Å². The van der Waals surface area contributed by atoms with E-state index in [1.807, 2.05) is 12.5 Å². The van der Waals surface area contributed by atoms with Crippen molar-refractivity contribution in [1.82, 2.24) is 20.2 Å². The molecule has 3 unspecified atom stereocenters. The Labute approximate surface area is 111 Å². The van der Waals surface area contributed by atoms with E-state index in [0.717, 1.165) is 24.5 Å². The quantitative estimate of drug-likeness (QED) is 0.848. The van der Waals surface area contributed by atoms with E-state index in [4.69, 9.17) is 0 Å². The average molecular weight is 266 g/mol. The molecule has 1 aliphatic heterocycles. The second kappa shape index (κ2) is 5.32. The van der Waals surface area contributed by atoms with Gasteiger partial charge in [0, 0.05) is 30.1 Å². The first kappa shape index (κ1) is 12.0. The molecule has 2 N–H and O–H groups in total. The summed E-state index contributed by atoms with van der Waals surface area (Å²) in [5.74, 6) is 1.92. The fourth-order valence-electron chi connectivity index (χ4n) is 2.78. The molecule has 0 spiro atoms. The molecule has 1 aromatic rings. The van der Waals surface area contributed by atoms with Crippen LogP contribution < -0.4 is 10.6 Å². The predicted molar refractivity (Wildman–Crippen MR) is 71.3 cm³/mol. The van der Waals surface area contributed by atoms with E-state index in [1.165, 1.54) is 6.42 Å². The number of nitrogens with one attached hydrogen (secondary N) is 2. The minimum Gasteiger partial charge on any atom is -0.350 e. The summed E-state index contributed by atoms with van der Waals surface area (Å²) in [4.78, 5) is 16.2. The molecule has 1 amide bonds. The molecule has 1 saturated heterocycles. The van der Waals surface area contributed by atoms with Gasteiger partial charge >= 0.3 is 0 Å². The number of aromatic nitrogens is 2. The summed E-state index contributed by atoms with van der Waals surface area (Å²) in [6, 6.07) is 0.601. The number of carbonyl (C=O) groups is 1. The number of amides is 1. The van der Waals surface area contributed by atoms with Crippen LogP contribution in [0.3, 0.4) is 0 Å². The topological polar surface area (TPSA) is 59.0 Å². The van der Waals surface area contributed by atoms with E-state index in [9.17, 15) is 4.79 Å². The maximum Gasteiger partial charge on any atom is 0.238 e. The molecule has 2 heterocycles. The minimum atomic E-state index is -0.0148. The Morgan fingerprint density at radius 2 is 2.44 bits per heavy atom. The smallest absolute Gasteiger partial charge is 0.238 e. The largest absolute Gasteiger partial charge is 0.350 e. The lowest BCUT2D eigenvalue weighted by Crippen LogP contribution is -2.47. The molecule has 6 heteroatoms. The summed E-state index contributed by atoms with van der Waals surface area (Å²) in [5, 5.41) is 6.41. The van der Waals surface area contributed by atoms with E-state index in [2.05, 4.69) is 20.2 Å². The number of thioether (sulfide) groups is 1. The van der Waals surface area contributed by atoms with Gasteiger partial charge in [-0.1, -0.05) is 0 Å². The Morgan fingerprint density at radius 1 is 1.50 bits per heavy atom. The Morgan fingerprint density at radius 3 is 3.17 bits per heavy atom. The van der Waals surface area contributed by atoms with Crippen LogP contribution in [0.1, 0.15) is 25.3 Å². The van der Waals surface area contributed by atoms with Gasteiger partial charge in [0.2, 0.25) is 5.91 Å². The van der Waals surface area contributed by atoms with Crippen LogP contribution in [0.5, 0.6) is 0 Å². The number of carbonyl (C=O) groups excluding carboxylic acids is 1. The maximum absolute atomic E-state index is 12.1. The van der Waals surface area contributed by atoms with Crippen molar-refractivity contribution >= 4 is 17.7 Å². The summed E-state index contributed by atoms with van der Waals surface area (Å²) in [7, 11) is 0. The summed E-state index contributed by atoms with van der Waals surface area (Å²) in [6.45, 7) is 0. The van der Waals surface area contributed by atoms with Gasteiger partial charge in [-0.3, -0.25) is 10.1 Å². The lowest BCUT2D eigenvalue weighted by Gasteiger charge is -2.23. The third-order valence-corrected chi connectivity index (χ3v) is 4.69. The van der Waals surface area contributed by atoms with Crippen LogP contribution in [0.15, 0.2) is 18.7 Å². The standard InChI is InChI=1S/C12H18N4OS/c17-12(10-6-18-8-14-10)15-9-2-1-3-11(9)16-5-4-13-7-16/h4-5,7,9-11,14H,1-3,6,8H2,(H,15,17). The molecule has 5 nitrogen and oxygen atoms in total. The zero-order valence-electron chi connectivity index (χ0n) is 10.2. The number of imidazole rings is 1. The molecule has 0 aromatic carbocycles. The Kier molecular flexibility index (Phi) is 3.56. The lowest BCUT2D eigenvalue weighted by molar-refractivity contribution is -0.123. The van der Waals surface area contributed by atoms with Crippen LogP contribution >= 0.6 is 11.8 Å². The first-order chi connectivity index (χ1) is 8.84. The molecule has 3 atom stereocenters. The zero-order valence-corrected chi connectivity index (χ0v) is 11.0. The Balaban J connectivity index is 1.62. The van der Waals surface area contributed by atoms with Crippen molar-refractivity contribution in [3.63, 3.8) is 0 Å². The van der Waals surface area contributed by atoms with Gasteiger partial charge in [-0.05, 0) is 19.3 Å². The molecule has 0 radical (unpaired) electrons. The van der Waals surface area contributed by atoms with Crippen LogP contribution in [0, 0.1) is 0 Å². The van der Waals surface area contributed by atoms with Crippen LogP contribution in [0.2, 0.25) is 0 Å². The van der Waals surface area contributed by atoms with Crippen molar-refractivity contribution in [2.75, 3.05) is 11.6 Å². The van der Waals surface area contributed by atoms with Crippen molar-refractivity contribution in [2.45, 2.75) is 37.4 Å². The summed E-state index contributed by atoms with van der Waals surface area (Å²) < 4.78 is 2.12. The van der Waals surface area contributed by atoms with Gasteiger partial charge in [-0.15, -0.1) is 11.8 Å². The second-order valence-corrected chi connectivity index (χ2v) is 5.93.